The van der Waals surface area contributed by atoms with E-state index in [1.54, 1.807) is 41.5 Å². The Morgan fingerprint density at radius 3 is 0.827 bits per heavy atom. The van der Waals surface area contributed by atoms with E-state index in [-0.39, 0.29) is 101 Å². The van der Waals surface area contributed by atoms with Gasteiger partial charge in [0.05, 0.1) is 35.4 Å². The molecule has 3 atom stereocenters. The zero-order valence-corrected chi connectivity index (χ0v) is 33.8. The van der Waals surface area contributed by atoms with Crippen LogP contribution in [0.25, 0.3) is 0 Å². The first-order valence-corrected chi connectivity index (χ1v) is 17.4. The third kappa shape index (κ3) is 13.8. The minimum atomic E-state index is -0.958. The molecule has 52 heavy (non-hydrogen) atoms. The molecule has 3 rings (SSSR count). The Balaban J connectivity index is 0.000000743. The van der Waals surface area contributed by atoms with Crippen molar-refractivity contribution in [2.45, 2.75) is 121 Å². The molecule has 15 nitrogen and oxygen atoms in total. The molecule has 0 fully saturated rings. The van der Waals surface area contributed by atoms with Crippen LogP contribution in [0.5, 0.6) is 0 Å². The number of aliphatic hydroxyl groups is 3. The molecule has 0 aliphatic heterocycles. The fraction of sp³-hybridized carbons (Fsp3) is 0.667. The van der Waals surface area contributed by atoms with Gasteiger partial charge < -0.3 is 45.1 Å². The monoisotopic (exact) mass is 744 g/mol. The summed E-state index contributed by atoms with van der Waals surface area (Å²) in [5, 5.41) is 64.5. The number of rotatable bonds is 12. The van der Waals surface area contributed by atoms with Crippen LogP contribution in [0.15, 0.2) is 33.0 Å². The first-order valence-electron chi connectivity index (χ1n) is 17.4. The van der Waals surface area contributed by atoms with E-state index in [0.717, 1.165) is 0 Å². The average molecular weight is 745 g/mol. The van der Waals surface area contributed by atoms with Gasteiger partial charge in [-0.25, -0.2) is 0 Å². The second-order valence-electron chi connectivity index (χ2n) is 15.0. The summed E-state index contributed by atoms with van der Waals surface area (Å²) in [5.41, 5.74) is -1.12. The maximum atomic E-state index is 11.7. The van der Waals surface area contributed by atoms with E-state index in [4.69, 9.17) is 0 Å². The molecule has 0 saturated heterocycles. The fourth-order valence-corrected chi connectivity index (χ4v) is 4.65. The van der Waals surface area contributed by atoms with Crippen LogP contribution in [0.3, 0.4) is 0 Å². The topological polar surface area (TPSA) is 235 Å². The van der Waals surface area contributed by atoms with Crippen LogP contribution in [0.1, 0.15) is 136 Å². The van der Waals surface area contributed by atoms with Crippen molar-refractivity contribution < 1.29 is 15.3 Å². The van der Waals surface area contributed by atoms with Gasteiger partial charge in [-0.15, -0.1) is 0 Å². The van der Waals surface area contributed by atoms with Gasteiger partial charge in [0.2, 0.25) is 0 Å². The standard InChI is InChI=1S/3C12H19N2O3.Al/c3*1-7(2)5-9-12(16)14(17)10(6-13-9)11(15)8(3)4;/h3*6-8,11,15H,5H2,1-4H3;/q3*-1;+3. The van der Waals surface area contributed by atoms with Crippen molar-refractivity contribution in [2.75, 3.05) is 0 Å². The molecule has 0 aliphatic rings. The third-order valence-corrected chi connectivity index (χ3v) is 7.66. The van der Waals surface area contributed by atoms with Gasteiger partial charge in [-0.3, -0.25) is 29.3 Å². The largest absolute Gasteiger partial charge is 3.00 e. The van der Waals surface area contributed by atoms with Crippen LogP contribution in [0.2, 0.25) is 0 Å². The van der Waals surface area contributed by atoms with Gasteiger partial charge in [-0.1, -0.05) is 83.1 Å². The molecule has 0 aromatic carbocycles. The van der Waals surface area contributed by atoms with E-state index in [2.05, 4.69) is 15.0 Å². The van der Waals surface area contributed by atoms with Crippen LogP contribution in [0, 0.1) is 51.1 Å². The van der Waals surface area contributed by atoms with Crippen molar-refractivity contribution in [3.63, 3.8) is 0 Å². The van der Waals surface area contributed by atoms with Gasteiger partial charge >= 0.3 is 17.4 Å². The van der Waals surface area contributed by atoms with Gasteiger partial charge in [0, 0.05) is 18.6 Å². The van der Waals surface area contributed by atoms with Crippen molar-refractivity contribution in [3.05, 3.63) is 99.4 Å². The van der Waals surface area contributed by atoms with E-state index in [0.29, 0.717) is 19.3 Å². The fourth-order valence-electron chi connectivity index (χ4n) is 4.65. The zero-order chi connectivity index (χ0) is 39.5. The van der Waals surface area contributed by atoms with Crippen molar-refractivity contribution >= 4 is 17.4 Å². The Morgan fingerprint density at radius 1 is 0.481 bits per heavy atom. The zero-order valence-electron chi connectivity index (χ0n) is 32.6. The molecule has 3 unspecified atom stereocenters. The molecule has 3 heterocycles. The maximum Gasteiger partial charge on any atom is 3.00 e. The van der Waals surface area contributed by atoms with Gasteiger partial charge in [-0.05, 0) is 54.8 Å². The van der Waals surface area contributed by atoms with Crippen molar-refractivity contribution in [1.82, 2.24) is 29.1 Å². The molecular formula is C36H57AlN6O9. The van der Waals surface area contributed by atoms with E-state index in [1.807, 2.05) is 41.5 Å². The Bertz CT molecular complexity index is 1520. The number of aromatic nitrogens is 6. The van der Waals surface area contributed by atoms with Crippen LogP contribution < -0.4 is 16.7 Å². The SMILES string of the molecule is CC(C)Cc1ncc(C(O)C(C)C)n([O-])c1=O.CC(C)Cc1ncc(C(O)C(C)C)n([O-])c1=O.CC(C)Cc1ncc(C(O)C(C)C)n([O-])c1=O.[Al+3]. The number of hydrogen-bond donors (Lipinski definition) is 3. The minimum Gasteiger partial charge on any atom is -0.803 e. The predicted octanol–water partition coefficient (Wildman–Crippen LogP) is 4.05. The number of nitrogens with zero attached hydrogens (tertiary/aromatic N) is 6. The summed E-state index contributed by atoms with van der Waals surface area (Å²) < 4.78 is 0.778. The van der Waals surface area contributed by atoms with Crippen molar-refractivity contribution in [1.29, 1.82) is 0 Å². The Hall–Kier alpha value is -3.55. The molecular weight excluding hydrogens is 687 g/mol. The predicted molar refractivity (Wildman–Crippen MR) is 203 cm³/mol. The van der Waals surface area contributed by atoms with E-state index in [1.165, 1.54) is 18.6 Å². The second-order valence-corrected chi connectivity index (χ2v) is 15.0. The van der Waals surface area contributed by atoms with Crippen LogP contribution >= 0.6 is 0 Å². The summed E-state index contributed by atoms with van der Waals surface area (Å²) in [6, 6.07) is 0. The summed E-state index contributed by atoms with van der Waals surface area (Å²) in [5.74, 6) is 0.385. The minimum absolute atomic E-state index is 0. The molecule has 3 aromatic heterocycles. The third-order valence-electron chi connectivity index (χ3n) is 7.66. The van der Waals surface area contributed by atoms with Crippen molar-refractivity contribution in [3.8, 4) is 0 Å². The molecule has 288 valence electrons. The summed E-state index contributed by atoms with van der Waals surface area (Å²) in [6.07, 6.45) is 2.45. The maximum absolute atomic E-state index is 11.7. The molecule has 3 N–H and O–H groups in total. The molecule has 0 aliphatic carbocycles. The molecule has 0 bridgehead atoms. The van der Waals surface area contributed by atoms with Gasteiger partial charge in [0.25, 0.3) is 16.7 Å². The first kappa shape index (κ1) is 48.5. The molecule has 0 amide bonds. The summed E-state index contributed by atoms with van der Waals surface area (Å²) in [4.78, 5) is 47.2. The molecule has 3 aromatic rings. The van der Waals surface area contributed by atoms with E-state index >= 15 is 0 Å². The quantitative estimate of drug-likeness (QED) is 0.223. The van der Waals surface area contributed by atoms with Gasteiger partial charge in [0.15, 0.2) is 0 Å². The molecule has 0 spiro atoms. The smallest absolute Gasteiger partial charge is 0.803 e. The summed E-state index contributed by atoms with van der Waals surface area (Å²) in [6.45, 7) is 22.4. The van der Waals surface area contributed by atoms with Crippen LogP contribution in [-0.2, 0) is 19.3 Å². The number of aliphatic hydroxyl groups excluding tert-OH is 3. The average Bonchev–Trinajstić information content (AvgIpc) is 3.03. The molecule has 16 heteroatoms. The Kier molecular flexibility index (Phi) is 20.4. The molecule has 0 saturated carbocycles. The Labute approximate surface area is 316 Å². The summed E-state index contributed by atoms with van der Waals surface area (Å²) >= 11 is 0. The van der Waals surface area contributed by atoms with Crippen LogP contribution in [0.4, 0.5) is 0 Å². The van der Waals surface area contributed by atoms with Crippen LogP contribution in [-0.4, -0.2) is 61.8 Å². The van der Waals surface area contributed by atoms with Crippen molar-refractivity contribution in [2.24, 2.45) is 35.5 Å². The second kappa shape index (κ2) is 21.9. The Morgan fingerprint density at radius 2 is 0.673 bits per heavy atom. The number of hydrogen-bond acceptors (Lipinski definition) is 12. The van der Waals surface area contributed by atoms with E-state index < -0.39 is 35.0 Å². The first-order chi connectivity index (χ1) is 23.5. The normalized spacial score (nSPS) is 13.1. The summed E-state index contributed by atoms with van der Waals surface area (Å²) in [7, 11) is 0. The molecule has 0 radical (unpaired) electrons. The van der Waals surface area contributed by atoms with Gasteiger partial charge in [-0.2, -0.15) is 0 Å². The van der Waals surface area contributed by atoms with Gasteiger partial charge in [0.1, 0.15) is 17.1 Å². The van der Waals surface area contributed by atoms with E-state index in [9.17, 15) is 45.3 Å².